The van der Waals surface area contributed by atoms with E-state index in [1.807, 2.05) is 0 Å². The summed E-state index contributed by atoms with van der Waals surface area (Å²) in [5.41, 5.74) is 0. The standard InChI is InChI=1S/C8H11ClN2O4S2/c1-2-11-17(14,15)6-3-4-7(9)8(5-6)16(10,12)13/h3-5,11H,2H2,1H3,(H2,10,12,13). The van der Waals surface area contributed by atoms with E-state index in [1.54, 1.807) is 6.92 Å². The van der Waals surface area contributed by atoms with E-state index in [-0.39, 0.29) is 16.5 Å². The van der Waals surface area contributed by atoms with Gasteiger partial charge in [-0.3, -0.25) is 0 Å². The van der Waals surface area contributed by atoms with Crippen LogP contribution in [0.1, 0.15) is 6.92 Å². The molecule has 0 amide bonds. The van der Waals surface area contributed by atoms with E-state index in [0.717, 1.165) is 6.07 Å². The Morgan fingerprint density at radius 3 is 2.35 bits per heavy atom. The zero-order valence-corrected chi connectivity index (χ0v) is 11.2. The second kappa shape index (κ2) is 4.91. The lowest BCUT2D eigenvalue weighted by molar-refractivity contribution is 0.583. The number of halogens is 1. The van der Waals surface area contributed by atoms with Crippen molar-refractivity contribution in [3.8, 4) is 0 Å². The summed E-state index contributed by atoms with van der Waals surface area (Å²) in [6, 6.07) is 3.30. The van der Waals surface area contributed by atoms with E-state index in [2.05, 4.69) is 4.72 Å². The molecule has 0 aliphatic carbocycles. The second-order valence-corrected chi connectivity index (χ2v) is 6.84. The van der Waals surface area contributed by atoms with Crippen molar-refractivity contribution in [3.63, 3.8) is 0 Å². The van der Waals surface area contributed by atoms with Crippen LogP contribution < -0.4 is 9.86 Å². The van der Waals surface area contributed by atoms with Gasteiger partial charge in [0, 0.05) is 6.54 Å². The van der Waals surface area contributed by atoms with Gasteiger partial charge in [-0.25, -0.2) is 26.7 Å². The Hall–Kier alpha value is -0.670. The van der Waals surface area contributed by atoms with E-state index in [9.17, 15) is 16.8 Å². The second-order valence-electron chi connectivity index (χ2n) is 3.14. The third-order valence-electron chi connectivity index (χ3n) is 1.85. The average molecular weight is 299 g/mol. The molecule has 0 fully saturated rings. The largest absolute Gasteiger partial charge is 0.240 e. The number of sulfonamides is 2. The van der Waals surface area contributed by atoms with Crippen molar-refractivity contribution in [1.29, 1.82) is 0 Å². The predicted molar refractivity (Wildman–Crippen MR) is 63.7 cm³/mol. The van der Waals surface area contributed by atoms with E-state index in [1.165, 1.54) is 12.1 Å². The molecular formula is C8H11ClN2O4S2. The fraction of sp³-hybridized carbons (Fsp3) is 0.250. The van der Waals surface area contributed by atoms with E-state index >= 15 is 0 Å². The Balaban J connectivity index is 3.43. The van der Waals surface area contributed by atoms with Crippen LogP contribution in [0.5, 0.6) is 0 Å². The molecular weight excluding hydrogens is 288 g/mol. The summed E-state index contributed by atoms with van der Waals surface area (Å²) >= 11 is 5.63. The molecule has 17 heavy (non-hydrogen) atoms. The van der Waals surface area contributed by atoms with Crippen molar-refractivity contribution in [1.82, 2.24) is 4.72 Å². The van der Waals surface area contributed by atoms with Crippen molar-refractivity contribution < 1.29 is 16.8 Å². The van der Waals surface area contributed by atoms with E-state index < -0.39 is 24.9 Å². The molecule has 9 heteroatoms. The van der Waals surface area contributed by atoms with Crippen LogP contribution in [0.25, 0.3) is 0 Å². The molecule has 0 saturated carbocycles. The first-order chi connectivity index (χ1) is 7.68. The maximum Gasteiger partial charge on any atom is 0.240 e. The van der Waals surface area contributed by atoms with Crippen LogP contribution >= 0.6 is 11.6 Å². The lowest BCUT2D eigenvalue weighted by Gasteiger charge is -2.07. The van der Waals surface area contributed by atoms with Crippen LogP contribution in [0, 0.1) is 0 Å². The topological polar surface area (TPSA) is 106 Å². The number of nitrogens with two attached hydrogens (primary N) is 1. The molecule has 1 aromatic rings. The van der Waals surface area contributed by atoms with Crippen LogP contribution in [0.4, 0.5) is 0 Å². The molecule has 6 nitrogen and oxygen atoms in total. The lowest BCUT2D eigenvalue weighted by atomic mass is 10.4. The lowest BCUT2D eigenvalue weighted by Crippen LogP contribution is -2.23. The smallest absolute Gasteiger partial charge is 0.225 e. The third kappa shape index (κ3) is 3.39. The predicted octanol–water partition coefficient (Wildman–Crippen LogP) is 0.286. The molecule has 1 aromatic carbocycles. The highest BCUT2D eigenvalue weighted by molar-refractivity contribution is 7.90. The molecule has 0 unspecified atom stereocenters. The molecule has 96 valence electrons. The summed E-state index contributed by atoms with van der Waals surface area (Å²) in [5, 5.41) is 4.79. The summed E-state index contributed by atoms with van der Waals surface area (Å²) in [6.45, 7) is 1.80. The summed E-state index contributed by atoms with van der Waals surface area (Å²) < 4.78 is 47.8. The number of hydrogen-bond acceptors (Lipinski definition) is 4. The molecule has 1 rings (SSSR count). The average Bonchev–Trinajstić information content (AvgIpc) is 2.15. The Morgan fingerprint density at radius 2 is 1.88 bits per heavy atom. The first-order valence-electron chi connectivity index (χ1n) is 4.50. The fourth-order valence-corrected chi connectivity index (χ4v) is 3.35. The van der Waals surface area contributed by atoms with Gasteiger partial charge in [0.1, 0.15) is 4.90 Å². The van der Waals surface area contributed by atoms with Crippen LogP contribution in [0.3, 0.4) is 0 Å². The van der Waals surface area contributed by atoms with Crippen LogP contribution in [0.15, 0.2) is 28.0 Å². The van der Waals surface area contributed by atoms with Crippen molar-refractivity contribution in [3.05, 3.63) is 23.2 Å². The Labute approximate surface area is 105 Å². The van der Waals surface area contributed by atoms with Crippen molar-refractivity contribution in [2.24, 2.45) is 5.14 Å². The minimum Gasteiger partial charge on any atom is -0.225 e. The van der Waals surface area contributed by atoms with Gasteiger partial charge in [-0.1, -0.05) is 18.5 Å². The molecule has 0 atom stereocenters. The summed E-state index contributed by atoms with van der Waals surface area (Å²) in [7, 11) is -7.79. The zero-order valence-electron chi connectivity index (χ0n) is 8.84. The molecule has 0 aliphatic rings. The van der Waals surface area contributed by atoms with Gasteiger partial charge in [0.15, 0.2) is 0 Å². The Morgan fingerprint density at radius 1 is 1.29 bits per heavy atom. The van der Waals surface area contributed by atoms with Crippen molar-refractivity contribution in [2.75, 3.05) is 6.54 Å². The van der Waals surface area contributed by atoms with Gasteiger partial charge in [0.05, 0.1) is 9.92 Å². The molecule has 0 radical (unpaired) electrons. The Kier molecular flexibility index (Phi) is 4.15. The maximum absolute atomic E-state index is 11.6. The number of nitrogens with one attached hydrogen (secondary N) is 1. The molecule has 0 aliphatic heterocycles. The van der Waals surface area contributed by atoms with Gasteiger partial charge in [0.2, 0.25) is 20.0 Å². The van der Waals surface area contributed by atoms with E-state index in [4.69, 9.17) is 16.7 Å². The first kappa shape index (κ1) is 14.4. The minimum absolute atomic E-state index is 0.122. The number of benzene rings is 1. The normalized spacial score (nSPS) is 12.6. The molecule has 0 aromatic heterocycles. The van der Waals surface area contributed by atoms with Gasteiger partial charge < -0.3 is 0 Å². The highest BCUT2D eigenvalue weighted by atomic mass is 35.5. The monoisotopic (exact) mass is 298 g/mol. The van der Waals surface area contributed by atoms with Gasteiger partial charge in [0.25, 0.3) is 0 Å². The van der Waals surface area contributed by atoms with Crippen LogP contribution in [-0.4, -0.2) is 23.4 Å². The SMILES string of the molecule is CCNS(=O)(=O)c1ccc(Cl)c(S(N)(=O)=O)c1. The fourth-order valence-electron chi connectivity index (χ4n) is 1.14. The molecule has 0 heterocycles. The number of rotatable bonds is 4. The summed E-state index contributed by atoms with van der Waals surface area (Å²) in [5.74, 6) is 0. The van der Waals surface area contributed by atoms with Crippen molar-refractivity contribution >= 4 is 31.6 Å². The molecule has 0 bridgehead atoms. The van der Waals surface area contributed by atoms with Gasteiger partial charge in [-0.2, -0.15) is 0 Å². The molecule has 0 spiro atoms. The first-order valence-corrected chi connectivity index (χ1v) is 7.91. The van der Waals surface area contributed by atoms with E-state index in [0.29, 0.717) is 0 Å². The van der Waals surface area contributed by atoms with Gasteiger partial charge in [-0.05, 0) is 18.2 Å². The van der Waals surface area contributed by atoms with Crippen LogP contribution in [0.2, 0.25) is 5.02 Å². The van der Waals surface area contributed by atoms with Crippen molar-refractivity contribution in [2.45, 2.75) is 16.7 Å². The number of hydrogen-bond donors (Lipinski definition) is 2. The maximum atomic E-state index is 11.6. The third-order valence-corrected chi connectivity index (χ3v) is 4.79. The Bertz CT molecular complexity index is 625. The van der Waals surface area contributed by atoms with Gasteiger partial charge in [-0.15, -0.1) is 0 Å². The highest BCUT2D eigenvalue weighted by Crippen LogP contribution is 2.23. The summed E-state index contributed by atoms with van der Waals surface area (Å²) in [4.78, 5) is -0.620. The molecule has 3 N–H and O–H groups in total. The summed E-state index contributed by atoms with van der Waals surface area (Å²) in [6.07, 6.45) is 0. The number of primary sulfonamides is 1. The minimum atomic E-state index is -4.06. The highest BCUT2D eigenvalue weighted by Gasteiger charge is 2.19. The van der Waals surface area contributed by atoms with Gasteiger partial charge >= 0.3 is 0 Å². The quantitative estimate of drug-likeness (QED) is 0.833. The molecule has 0 saturated heterocycles. The zero-order chi connectivity index (χ0) is 13.3. The van der Waals surface area contributed by atoms with Crippen LogP contribution in [-0.2, 0) is 20.0 Å².